The van der Waals surface area contributed by atoms with Gasteiger partial charge in [-0.25, -0.2) is 0 Å². The predicted molar refractivity (Wildman–Crippen MR) is 72.2 cm³/mol. The van der Waals surface area contributed by atoms with E-state index in [0.717, 1.165) is 45.9 Å². The van der Waals surface area contributed by atoms with Crippen LogP contribution in [-0.4, -0.2) is 67.3 Å². The minimum absolute atomic E-state index is 0.139. The van der Waals surface area contributed by atoms with Gasteiger partial charge in [0.1, 0.15) is 0 Å². The van der Waals surface area contributed by atoms with Crippen molar-refractivity contribution in [2.24, 2.45) is 5.73 Å². The SMILES string of the molecule is CC(C)OCCN1CCN(C(C)(C)CN)CC1. The molecule has 0 aromatic rings. The topological polar surface area (TPSA) is 41.7 Å². The van der Waals surface area contributed by atoms with Crippen LogP contribution in [0.2, 0.25) is 0 Å². The lowest BCUT2D eigenvalue weighted by molar-refractivity contribution is 0.0242. The van der Waals surface area contributed by atoms with Crippen LogP contribution in [0.1, 0.15) is 27.7 Å². The molecular weight excluding hydrogens is 214 g/mol. The van der Waals surface area contributed by atoms with Gasteiger partial charge >= 0.3 is 0 Å². The quantitative estimate of drug-likeness (QED) is 0.748. The van der Waals surface area contributed by atoms with Gasteiger partial charge in [0.15, 0.2) is 0 Å². The first-order valence-corrected chi connectivity index (χ1v) is 6.75. The average Bonchev–Trinajstić information content (AvgIpc) is 2.29. The lowest BCUT2D eigenvalue weighted by atomic mass is 10.0. The molecule has 1 heterocycles. The first kappa shape index (κ1) is 14.9. The van der Waals surface area contributed by atoms with Gasteiger partial charge in [0.25, 0.3) is 0 Å². The molecule has 1 aliphatic heterocycles. The van der Waals surface area contributed by atoms with Gasteiger partial charge in [-0.1, -0.05) is 0 Å². The van der Waals surface area contributed by atoms with Crippen LogP contribution in [0.3, 0.4) is 0 Å². The van der Waals surface area contributed by atoms with Crippen molar-refractivity contribution in [2.75, 3.05) is 45.9 Å². The summed E-state index contributed by atoms with van der Waals surface area (Å²) >= 11 is 0. The van der Waals surface area contributed by atoms with E-state index >= 15 is 0 Å². The molecule has 0 amide bonds. The summed E-state index contributed by atoms with van der Waals surface area (Å²) < 4.78 is 5.58. The fraction of sp³-hybridized carbons (Fsp3) is 1.00. The number of hydrogen-bond acceptors (Lipinski definition) is 4. The maximum absolute atomic E-state index is 5.81. The summed E-state index contributed by atoms with van der Waals surface area (Å²) in [6.45, 7) is 15.7. The van der Waals surface area contributed by atoms with E-state index in [0.29, 0.717) is 6.10 Å². The van der Waals surface area contributed by atoms with Crippen LogP contribution in [0.4, 0.5) is 0 Å². The third kappa shape index (κ3) is 4.92. The summed E-state index contributed by atoms with van der Waals surface area (Å²) in [4.78, 5) is 4.97. The Labute approximate surface area is 106 Å². The summed E-state index contributed by atoms with van der Waals surface area (Å²) in [5.74, 6) is 0. The highest BCUT2D eigenvalue weighted by molar-refractivity contribution is 4.86. The molecule has 0 radical (unpaired) electrons. The Bertz CT molecular complexity index is 211. The highest BCUT2D eigenvalue weighted by Crippen LogP contribution is 2.15. The monoisotopic (exact) mass is 243 g/mol. The summed E-state index contributed by atoms with van der Waals surface area (Å²) in [5, 5.41) is 0. The van der Waals surface area contributed by atoms with Gasteiger partial charge in [-0.05, 0) is 27.7 Å². The van der Waals surface area contributed by atoms with Crippen molar-refractivity contribution in [1.82, 2.24) is 9.80 Å². The standard InChI is InChI=1S/C13H29N3O/c1-12(2)17-10-9-15-5-7-16(8-6-15)13(3,4)11-14/h12H,5-11,14H2,1-4H3. The van der Waals surface area contributed by atoms with Crippen LogP contribution < -0.4 is 5.73 Å². The molecule has 0 aliphatic carbocycles. The van der Waals surface area contributed by atoms with E-state index in [1.165, 1.54) is 0 Å². The largest absolute Gasteiger partial charge is 0.377 e. The number of hydrogen-bond donors (Lipinski definition) is 1. The van der Waals surface area contributed by atoms with Gasteiger partial charge in [0.2, 0.25) is 0 Å². The highest BCUT2D eigenvalue weighted by atomic mass is 16.5. The Morgan fingerprint density at radius 3 is 2.24 bits per heavy atom. The van der Waals surface area contributed by atoms with Crippen LogP contribution >= 0.6 is 0 Å². The van der Waals surface area contributed by atoms with E-state index < -0.39 is 0 Å². The van der Waals surface area contributed by atoms with Crippen LogP contribution in [-0.2, 0) is 4.74 Å². The van der Waals surface area contributed by atoms with Gasteiger partial charge in [-0.15, -0.1) is 0 Å². The summed E-state index contributed by atoms with van der Waals surface area (Å²) in [6, 6.07) is 0. The number of ether oxygens (including phenoxy) is 1. The van der Waals surface area contributed by atoms with Crippen LogP contribution in [0, 0.1) is 0 Å². The van der Waals surface area contributed by atoms with Crippen LogP contribution in [0.5, 0.6) is 0 Å². The second-order valence-corrected chi connectivity index (χ2v) is 5.76. The molecule has 4 nitrogen and oxygen atoms in total. The number of rotatable bonds is 6. The lowest BCUT2D eigenvalue weighted by Crippen LogP contribution is -2.57. The van der Waals surface area contributed by atoms with Gasteiger partial charge in [0.05, 0.1) is 12.7 Å². The maximum atomic E-state index is 5.81. The molecule has 2 N–H and O–H groups in total. The minimum Gasteiger partial charge on any atom is -0.377 e. The fourth-order valence-electron chi connectivity index (χ4n) is 2.12. The Balaban J connectivity index is 2.22. The second-order valence-electron chi connectivity index (χ2n) is 5.76. The number of nitrogens with two attached hydrogens (primary N) is 1. The van der Waals surface area contributed by atoms with Crippen molar-refractivity contribution < 1.29 is 4.74 Å². The van der Waals surface area contributed by atoms with Gasteiger partial charge < -0.3 is 10.5 Å². The summed E-state index contributed by atoms with van der Waals surface area (Å²) in [7, 11) is 0. The molecule has 1 aliphatic rings. The summed E-state index contributed by atoms with van der Waals surface area (Å²) in [5.41, 5.74) is 5.95. The van der Waals surface area contributed by atoms with E-state index in [-0.39, 0.29) is 5.54 Å². The zero-order chi connectivity index (χ0) is 12.9. The first-order chi connectivity index (χ1) is 7.95. The zero-order valence-corrected chi connectivity index (χ0v) is 11.9. The Morgan fingerprint density at radius 1 is 1.18 bits per heavy atom. The van der Waals surface area contributed by atoms with E-state index in [9.17, 15) is 0 Å². The molecule has 1 saturated heterocycles. The fourth-order valence-corrected chi connectivity index (χ4v) is 2.12. The van der Waals surface area contributed by atoms with E-state index in [4.69, 9.17) is 10.5 Å². The average molecular weight is 243 g/mol. The van der Waals surface area contributed by atoms with Crippen molar-refractivity contribution in [3.05, 3.63) is 0 Å². The molecule has 0 bridgehead atoms. The summed E-state index contributed by atoms with van der Waals surface area (Å²) in [6.07, 6.45) is 0.340. The predicted octanol–water partition coefficient (Wildman–Crippen LogP) is 0.766. The van der Waals surface area contributed by atoms with Crippen molar-refractivity contribution in [2.45, 2.75) is 39.3 Å². The molecule has 0 saturated carbocycles. The molecule has 0 atom stereocenters. The molecule has 1 rings (SSSR count). The number of piperazine rings is 1. The first-order valence-electron chi connectivity index (χ1n) is 6.75. The van der Waals surface area contributed by atoms with Crippen molar-refractivity contribution in [3.8, 4) is 0 Å². The third-order valence-electron chi connectivity index (χ3n) is 3.59. The Kier molecular flexibility index (Phi) is 5.86. The second kappa shape index (κ2) is 6.69. The lowest BCUT2D eigenvalue weighted by Gasteiger charge is -2.43. The normalized spacial score (nSPS) is 20.1. The molecular formula is C13H29N3O. The smallest absolute Gasteiger partial charge is 0.0596 e. The van der Waals surface area contributed by atoms with Crippen molar-refractivity contribution >= 4 is 0 Å². The van der Waals surface area contributed by atoms with Gasteiger partial charge in [-0.3, -0.25) is 9.80 Å². The van der Waals surface area contributed by atoms with Crippen LogP contribution in [0.15, 0.2) is 0 Å². The third-order valence-corrected chi connectivity index (χ3v) is 3.59. The van der Waals surface area contributed by atoms with Crippen LogP contribution in [0.25, 0.3) is 0 Å². The van der Waals surface area contributed by atoms with Gasteiger partial charge in [-0.2, -0.15) is 0 Å². The van der Waals surface area contributed by atoms with E-state index in [1.54, 1.807) is 0 Å². The van der Waals surface area contributed by atoms with Gasteiger partial charge in [0, 0.05) is 44.8 Å². The molecule has 0 aromatic carbocycles. The molecule has 0 spiro atoms. The molecule has 102 valence electrons. The minimum atomic E-state index is 0.139. The molecule has 17 heavy (non-hydrogen) atoms. The van der Waals surface area contributed by atoms with E-state index in [2.05, 4.69) is 37.5 Å². The maximum Gasteiger partial charge on any atom is 0.0596 e. The van der Waals surface area contributed by atoms with Crippen molar-refractivity contribution in [3.63, 3.8) is 0 Å². The zero-order valence-electron chi connectivity index (χ0n) is 11.9. The Morgan fingerprint density at radius 2 is 1.76 bits per heavy atom. The van der Waals surface area contributed by atoms with Crippen molar-refractivity contribution in [1.29, 1.82) is 0 Å². The molecule has 0 aromatic heterocycles. The highest BCUT2D eigenvalue weighted by Gasteiger charge is 2.28. The van der Waals surface area contributed by atoms with E-state index in [1.807, 2.05) is 0 Å². The molecule has 4 heteroatoms. The molecule has 0 unspecified atom stereocenters. The number of nitrogens with zero attached hydrogens (tertiary/aromatic N) is 2. The Hall–Kier alpha value is -0.160. The molecule has 1 fully saturated rings.